The Morgan fingerprint density at radius 1 is 1.26 bits per heavy atom. The van der Waals surface area contributed by atoms with Crippen LogP contribution < -0.4 is 10.2 Å². The van der Waals surface area contributed by atoms with E-state index >= 15 is 0 Å². The highest BCUT2D eigenvalue weighted by Crippen LogP contribution is 2.23. The maximum atomic E-state index is 10.6. The van der Waals surface area contributed by atoms with Crippen LogP contribution in [0, 0.1) is 0 Å². The summed E-state index contributed by atoms with van der Waals surface area (Å²) in [6.45, 7) is 4.23. The number of nitrogens with one attached hydrogen (secondary N) is 1. The zero-order valence-electron chi connectivity index (χ0n) is 13.5. The first-order valence-electron chi connectivity index (χ1n) is 8.20. The molecule has 0 radical (unpaired) electrons. The summed E-state index contributed by atoms with van der Waals surface area (Å²) in [6, 6.07) is 14.1. The third kappa shape index (κ3) is 3.86. The van der Waals surface area contributed by atoms with Crippen LogP contribution >= 0.6 is 0 Å². The molecule has 2 N–H and O–H groups in total. The summed E-state index contributed by atoms with van der Waals surface area (Å²) in [5.41, 5.74) is 0.0711. The Kier molecular flexibility index (Phi) is 4.88. The third-order valence-electron chi connectivity index (χ3n) is 4.47. The van der Waals surface area contributed by atoms with Crippen molar-refractivity contribution in [3.8, 4) is 0 Å². The lowest BCUT2D eigenvalue weighted by Crippen LogP contribution is -2.43. The number of nitrogens with zero attached hydrogens (tertiary/aromatic N) is 3. The van der Waals surface area contributed by atoms with Crippen LogP contribution in [0.3, 0.4) is 0 Å². The van der Waals surface area contributed by atoms with Crippen molar-refractivity contribution in [3.63, 3.8) is 0 Å². The predicted molar refractivity (Wildman–Crippen MR) is 91.3 cm³/mol. The molecule has 1 saturated heterocycles. The van der Waals surface area contributed by atoms with E-state index in [1.807, 2.05) is 49.4 Å². The Morgan fingerprint density at radius 2 is 2.09 bits per heavy atom. The van der Waals surface area contributed by atoms with Crippen LogP contribution in [0.2, 0.25) is 0 Å². The van der Waals surface area contributed by atoms with E-state index < -0.39 is 5.60 Å². The molecular formula is C18H24N4O. The van der Waals surface area contributed by atoms with Crippen LogP contribution in [0.4, 0.5) is 5.82 Å². The Bertz CT molecular complexity index is 603. The molecule has 2 atom stereocenters. The van der Waals surface area contributed by atoms with Gasteiger partial charge in [0.15, 0.2) is 5.82 Å². The molecule has 0 aliphatic carbocycles. The average Bonchev–Trinajstić information content (AvgIpc) is 3.05. The second kappa shape index (κ2) is 7.06. The van der Waals surface area contributed by atoms with Gasteiger partial charge in [0.1, 0.15) is 0 Å². The van der Waals surface area contributed by atoms with Crippen LogP contribution in [0.15, 0.2) is 48.7 Å². The minimum atomic E-state index is -0.864. The van der Waals surface area contributed by atoms with Gasteiger partial charge in [0.25, 0.3) is 0 Å². The first-order valence-corrected chi connectivity index (χ1v) is 8.20. The van der Waals surface area contributed by atoms with Gasteiger partial charge in [-0.15, -0.1) is 5.10 Å². The molecule has 1 aromatic heterocycles. The summed E-state index contributed by atoms with van der Waals surface area (Å²) in [4.78, 5) is 2.30. The number of aliphatic hydroxyl groups is 1. The highest BCUT2D eigenvalue weighted by Gasteiger charge is 2.27. The van der Waals surface area contributed by atoms with Crippen LogP contribution in [0.25, 0.3) is 0 Å². The second-order valence-corrected chi connectivity index (χ2v) is 6.34. The van der Waals surface area contributed by atoms with Gasteiger partial charge >= 0.3 is 0 Å². The van der Waals surface area contributed by atoms with Crippen molar-refractivity contribution in [1.82, 2.24) is 15.5 Å². The molecule has 1 aliphatic rings. The maximum absolute atomic E-state index is 10.6. The third-order valence-corrected chi connectivity index (χ3v) is 4.47. The Labute approximate surface area is 137 Å². The molecule has 0 bridgehead atoms. The van der Waals surface area contributed by atoms with Gasteiger partial charge in [0.05, 0.1) is 5.60 Å². The van der Waals surface area contributed by atoms with E-state index in [2.05, 4.69) is 20.4 Å². The molecule has 1 aliphatic heterocycles. The molecule has 2 aromatic rings. The van der Waals surface area contributed by atoms with E-state index in [4.69, 9.17) is 0 Å². The lowest BCUT2D eigenvalue weighted by Gasteiger charge is -2.28. The minimum Gasteiger partial charge on any atom is -0.384 e. The number of anilines is 1. The standard InChI is InChI=1S/C18H24N4O/c1-18(23,15-7-3-2-4-8-15)14-19-13-16-9-6-12-22(16)17-10-5-11-20-21-17/h2-5,7-8,10-11,16,19,23H,6,9,12-14H2,1H3. The monoisotopic (exact) mass is 312 g/mol. The first kappa shape index (κ1) is 15.9. The summed E-state index contributed by atoms with van der Waals surface area (Å²) < 4.78 is 0. The van der Waals surface area contributed by atoms with Crippen molar-refractivity contribution < 1.29 is 5.11 Å². The van der Waals surface area contributed by atoms with Gasteiger partial charge in [-0.2, -0.15) is 5.10 Å². The van der Waals surface area contributed by atoms with Gasteiger partial charge in [0, 0.05) is 31.9 Å². The molecule has 1 aromatic carbocycles. The van der Waals surface area contributed by atoms with Crippen molar-refractivity contribution >= 4 is 5.82 Å². The SMILES string of the molecule is CC(O)(CNCC1CCCN1c1cccnn1)c1ccccc1. The number of benzene rings is 1. The van der Waals surface area contributed by atoms with E-state index in [1.54, 1.807) is 6.20 Å². The zero-order chi connectivity index (χ0) is 16.1. The summed E-state index contributed by atoms with van der Waals surface area (Å²) in [7, 11) is 0. The number of hydrogen-bond acceptors (Lipinski definition) is 5. The molecule has 0 spiro atoms. The lowest BCUT2D eigenvalue weighted by atomic mass is 9.96. The molecule has 23 heavy (non-hydrogen) atoms. The molecule has 122 valence electrons. The zero-order valence-corrected chi connectivity index (χ0v) is 13.5. The number of aromatic nitrogens is 2. The van der Waals surface area contributed by atoms with Crippen LogP contribution in [-0.4, -0.2) is 41.0 Å². The molecule has 1 fully saturated rings. The van der Waals surface area contributed by atoms with E-state index in [9.17, 15) is 5.11 Å². The Hall–Kier alpha value is -1.98. The largest absolute Gasteiger partial charge is 0.384 e. The fourth-order valence-electron chi connectivity index (χ4n) is 3.18. The molecular weight excluding hydrogens is 288 g/mol. The van der Waals surface area contributed by atoms with Crippen LogP contribution in [0.1, 0.15) is 25.3 Å². The topological polar surface area (TPSA) is 61.3 Å². The molecule has 5 heteroatoms. The van der Waals surface area contributed by atoms with Gasteiger partial charge in [0.2, 0.25) is 0 Å². The first-order chi connectivity index (χ1) is 11.2. The van der Waals surface area contributed by atoms with Crippen molar-refractivity contribution in [1.29, 1.82) is 0 Å². The normalized spacial score (nSPS) is 20.4. The van der Waals surface area contributed by atoms with Crippen LogP contribution in [-0.2, 0) is 5.60 Å². The van der Waals surface area contributed by atoms with Crippen molar-refractivity contribution in [2.24, 2.45) is 0 Å². The smallest absolute Gasteiger partial charge is 0.151 e. The number of rotatable bonds is 6. The van der Waals surface area contributed by atoms with Gasteiger partial charge in [-0.25, -0.2) is 0 Å². The van der Waals surface area contributed by atoms with Gasteiger partial charge < -0.3 is 15.3 Å². The highest BCUT2D eigenvalue weighted by atomic mass is 16.3. The van der Waals surface area contributed by atoms with E-state index in [0.29, 0.717) is 12.6 Å². The average molecular weight is 312 g/mol. The second-order valence-electron chi connectivity index (χ2n) is 6.34. The molecule has 0 saturated carbocycles. The maximum Gasteiger partial charge on any atom is 0.151 e. The van der Waals surface area contributed by atoms with Gasteiger partial charge in [-0.1, -0.05) is 30.3 Å². The fourth-order valence-corrected chi connectivity index (χ4v) is 3.18. The molecule has 2 heterocycles. The Balaban J connectivity index is 1.56. The Morgan fingerprint density at radius 3 is 2.83 bits per heavy atom. The highest BCUT2D eigenvalue weighted by molar-refractivity contribution is 5.39. The predicted octanol–water partition coefficient (Wildman–Crippen LogP) is 1.94. The quantitative estimate of drug-likeness (QED) is 0.853. The summed E-state index contributed by atoms with van der Waals surface area (Å²) in [5, 5.41) is 22.3. The van der Waals surface area contributed by atoms with Crippen molar-refractivity contribution in [2.45, 2.75) is 31.4 Å². The summed E-state index contributed by atoms with van der Waals surface area (Å²) in [5.74, 6) is 0.937. The van der Waals surface area contributed by atoms with Crippen molar-refractivity contribution in [3.05, 3.63) is 54.2 Å². The van der Waals surface area contributed by atoms with E-state index in [0.717, 1.165) is 37.3 Å². The van der Waals surface area contributed by atoms with E-state index in [-0.39, 0.29) is 0 Å². The van der Waals surface area contributed by atoms with Crippen LogP contribution in [0.5, 0.6) is 0 Å². The fraction of sp³-hybridized carbons (Fsp3) is 0.444. The summed E-state index contributed by atoms with van der Waals surface area (Å²) in [6.07, 6.45) is 4.00. The molecule has 0 amide bonds. The number of hydrogen-bond donors (Lipinski definition) is 2. The minimum absolute atomic E-state index is 0.401. The van der Waals surface area contributed by atoms with Gasteiger partial charge in [-0.3, -0.25) is 0 Å². The van der Waals surface area contributed by atoms with E-state index in [1.165, 1.54) is 0 Å². The van der Waals surface area contributed by atoms with Crippen molar-refractivity contribution in [2.75, 3.05) is 24.5 Å². The molecule has 3 rings (SSSR count). The lowest BCUT2D eigenvalue weighted by molar-refractivity contribution is 0.0568. The molecule has 2 unspecified atom stereocenters. The molecule has 5 nitrogen and oxygen atoms in total. The van der Waals surface area contributed by atoms with Gasteiger partial charge in [-0.05, 0) is 37.5 Å². The summed E-state index contributed by atoms with van der Waals surface area (Å²) >= 11 is 0.